The molecule has 0 aliphatic heterocycles. The van der Waals surface area contributed by atoms with E-state index in [4.69, 9.17) is 9.72 Å². The Labute approximate surface area is 153 Å². The minimum atomic E-state index is 0.759. The molecule has 3 heteroatoms. The number of hydrogen-bond donors (Lipinski definition) is 0. The lowest BCUT2D eigenvalue weighted by atomic mass is 10.1. The summed E-state index contributed by atoms with van der Waals surface area (Å²) < 4.78 is 7.86. The summed E-state index contributed by atoms with van der Waals surface area (Å²) >= 11 is 0. The number of ether oxygens (including phenoxy) is 1. The molecule has 130 valence electrons. The van der Waals surface area contributed by atoms with Crippen molar-refractivity contribution in [3.63, 3.8) is 0 Å². The van der Waals surface area contributed by atoms with Gasteiger partial charge in [0.2, 0.25) is 0 Å². The zero-order chi connectivity index (χ0) is 17.8. The highest BCUT2D eigenvalue weighted by molar-refractivity contribution is 5.76. The molecule has 0 bridgehead atoms. The lowest BCUT2D eigenvalue weighted by molar-refractivity contribution is 0.408. The van der Waals surface area contributed by atoms with Gasteiger partial charge in [0.05, 0.1) is 24.7 Å². The van der Waals surface area contributed by atoms with Crippen LogP contribution >= 0.6 is 0 Å². The maximum atomic E-state index is 5.54. The number of imidazole rings is 1. The first kappa shape index (κ1) is 16.4. The molecule has 0 atom stereocenters. The van der Waals surface area contributed by atoms with Crippen LogP contribution in [0.5, 0.6) is 5.75 Å². The number of nitrogens with zero attached hydrogens (tertiary/aromatic N) is 2. The summed E-state index contributed by atoms with van der Waals surface area (Å²) in [5, 5.41) is 0. The molecule has 3 aromatic carbocycles. The van der Waals surface area contributed by atoms with Crippen molar-refractivity contribution in [2.24, 2.45) is 0 Å². The van der Waals surface area contributed by atoms with Crippen LogP contribution in [0.3, 0.4) is 0 Å². The molecule has 0 saturated carbocycles. The molecule has 4 rings (SSSR count). The molecule has 1 heterocycles. The summed E-state index contributed by atoms with van der Waals surface area (Å²) in [5.74, 6) is 2.03. The standard InChI is InChI=1S/C23H22N2O/c1-26-22-14-8-5-11-19(22)17-25-21-13-7-6-12-20(21)24-23(25)16-15-18-9-3-2-4-10-18/h2-14H,15-17H2,1H3. The largest absolute Gasteiger partial charge is 0.496 e. The van der Waals surface area contributed by atoms with Crippen LogP contribution in [0.1, 0.15) is 17.0 Å². The van der Waals surface area contributed by atoms with Crippen molar-refractivity contribution in [1.82, 2.24) is 9.55 Å². The van der Waals surface area contributed by atoms with Gasteiger partial charge in [0, 0.05) is 12.0 Å². The summed E-state index contributed by atoms with van der Waals surface area (Å²) in [4.78, 5) is 4.90. The molecule has 26 heavy (non-hydrogen) atoms. The average Bonchev–Trinajstić information content (AvgIpc) is 3.05. The molecular formula is C23H22N2O. The Balaban J connectivity index is 1.69. The number of aryl methyl sites for hydroxylation is 2. The van der Waals surface area contributed by atoms with Crippen molar-refractivity contribution in [2.45, 2.75) is 19.4 Å². The molecule has 3 nitrogen and oxygen atoms in total. The third-order valence-corrected chi connectivity index (χ3v) is 4.73. The second kappa shape index (κ2) is 7.44. The van der Waals surface area contributed by atoms with Crippen LogP contribution in [0.2, 0.25) is 0 Å². The van der Waals surface area contributed by atoms with Crippen LogP contribution in [0, 0.1) is 0 Å². The van der Waals surface area contributed by atoms with Gasteiger partial charge in [-0.1, -0.05) is 60.7 Å². The van der Waals surface area contributed by atoms with Gasteiger partial charge in [-0.05, 0) is 30.2 Å². The van der Waals surface area contributed by atoms with E-state index in [1.165, 1.54) is 16.6 Å². The lowest BCUT2D eigenvalue weighted by Crippen LogP contribution is -2.07. The molecule has 0 radical (unpaired) electrons. The SMILES string of the molecule is COc1ccccc1Cn1c(CCc2ccccc2)nc2ccccc21. The van der Waals surface area contributed by atoms with Gasteiger partial charge in [0.25, 0.3) is 0 Å². The quantitative estimate of drug-likeness (QED) is 0.499. The molecule has 0 unspecified atom stereocenters. The van der Waals surface area contributed by atoms with E-state index in [-0.39, 0.29) is 0 Å². The van der Waals surface area contributed by atoms with Crippen LogP contribution in [-0.4, -0.2) is 16.7 Å². The average molecular weight is 342 g/mol. The normalized spacial score (nSPS) is 11.0. The highest BCUT2D eigenvalue weighted by Crippen LogP contribution is 2.23. The maximum Gasteiger partial charge on any atom is 0.123 e. The van der Waals surface area contributed by atoms with Crippen LogP contribution < -0.4 is 4.74 Å². The number of rotatable bonds is 6. The maximum absolute atomic E-state index is 5.54. The first-order valence-electron chi connectivity index (χ1n) is 8.95. The smallest absolute Gasteiger partial charge is 0.123 e. The Morgan fingerprint density at radius 3 is 2.38 bits per heavy atom. The fourth-order valence-corrected chi connectivity index (χ4v) is 3.40. The second-order valence-electron chi connectivity index (χ2n) is 6.40. The molecule has 4 aromatic rings. The number of methoxy groups -OCH3 is 1. The van der Waals surface area contributed by atoms with E-state index in [2.05, 4.69) is 65.2 Å². The summed E-state index contributed by atoms with van der Waals surface area (Å²) in [5.41, 5.74) is 4.72. The van der Waals surface area contributed by atoms with E-state index in [1.807, 2.05) is 18.2 Å². The minimum absolute atomic E-state index is 0.759. The molecule has 0 N–H and O–H groups in total. The van der Waals surface area contributed by atoms with Crippen molar-refractivity contribution < 1.29 is 4.74 Å². The fraction of sp³-hybridized carbons (Fsp3) is 0.174. The van der Waals surface area contributed by atoms with Crippen LogP contribution in [0.4, 0.5) is 0 Å². The van der Waals surface area contributed by atoms with Crippen LogP contribution in [-0.2, 0) is 19.4 Å². The Bertz CT molecular complexity index is 1010. The first-order valence-corrected chi connectivity index (χ1v) is 8.95. The number of aromatic nitrogens is 2. The predicted molar refractivity (Wildman–Crippen MR) is 106 cm³/mol. The summed E-state index contributed by atoms with van der Waals surface area (Å²) in [6.07, 6.45) is 1.89. The first-order chi connectivity index (χ1) is 12.8. The Kier molecular flexibility index (Phi) is 4.69. The van der Waals surface area contributed by atoms with E-state index >= 15 is 0 Å². The highest BCUT2D eigenvalue weighted by atomic mass is 16.5. The predicted octanol–water partition coefficient (Wildman–Crippen LogP) is 4.88. The molecule has 0 saturated heterocycles. The Hall–Kier alpha value is -3.07. The van der Waals surface area contributed by atoms with Crippen molar-refractivity contribution in [2.75, 3.05) is 7.11 Å². The van der Waals surface area contributed by atoms with Crippen LogP contribution in [0.25, 0.3) is 11.0 Å². The minimum Gasteiger partial charge on any atom is -0.496 e. The number of hydrogen-bond acceptors (Lipinski definition) is 2. The summed E-state index contributed by atoms with van der Waals surface area (Å²) in [6.45, 7) is 0.759. The highest BCUT2D eigenvalue weighted by Gasteiger charge is 2.12. The summed E-state index contributed by atoms with van der Waals surface area (Å²) in [6, 6.07) is 27.1. The van der Waals surface area contributed by atoms with Gasteiger partial charge in [-0.2, -0.15) is 0 Å². The van der Waals surface area contributed by atoms with E-state index in [0.29, 0.717) is 0 Å². The number of benzene rings is 3. The molecule has 0 fully saturated rings. The van der Waals surface area contributed by atoms with Crippen molar-refractivity contribution in [1.29, 1.82) is 0 Å². The molecule has 0 spiro atoms. The van der Waals surface area contributed by atoms with Gasteiger partial charge in [-0.3, -0.25) is 0 Å². The van der Waals surface area contributed by atoms with Gasteiger partial charge in [0.1, 0.15) is 11.6 Å². The van der Waals surface area contributed by atoms with E-state index in [0.717, 1.165) is 36.5 Å². The van der Waals surface area contributed by atoms with E-state index in [9.17, 15) is 0 Å². The van der Waals surface area contributed by atoms with E-state index < -0.39 is 0 Å². The van der Waals surface area contributed by atoms with Crippen molar-refractivity contribution >= 4 is 11.0 Å². The monoisotopic (exact) mass is 342 g/mol. The molecule has 1 aromatic heterocycles. The van der Waals surface area contributed by atoms with Gasteiger partial charge in [-0.25, -0.2) is 4.98 Å². The van der Waals surface area contributed by atoms with Crippen molar-refractivity contribution in [3.8, 4) is 5.75 Å². The Morgan fingerprint density at radius 2 is 1.54 bits per heavy atom. The van der Waals surface area contributed by atoms with Gasteiger partial charge >= 0.3 is 0 Å². The van der Waals surface area contributed by atoms with Crippen LogP contribution in [0.15, 0.2) is 78.9 Å². The van der Waals surface area contributed by atoms with Crippen molar-refractivity contribution in [3.05, 3.63) is 95.8 Å². The summed E-state index contributed by atoms with van der Waals surface area (Å²) in [7, 11) is 1.72. The fourth-order valence-electron chi connectivity index (χ4n) is 3.40. The number of para-hydroxylation sites is 3. The molecular weight excluding hydrogens is 320 g/mol. The third-order valence-electron chi connectivity index (χ3n) is 4.73. The zero-order valence-corrected chi connectivity index (χ0v) is 14.9. The van der Waals surface area contributed by atoms with E-state index in [1.54, 1.807) is 7.11 Å². The molecule has 0 amide bonds. The topological polar surface area (TPSA) is 27.1 Å². The van der Waals surface area contributed by atoms with Gasteiger partial charge < -0.3 is 9.30 Å². The second-order valence-corrected chi connectivity index (χ2v) is 6.40. The van der Waals surface area contributed by atoms with Gasteiger partial charge in [0.15, 0.2) is 0 Å². The number of fused-ring (bicyclic) bond motifs is 1. The molecule has 0 aliphatic carbocycles. The third kappa shape index (κ3) is 3.33. The Morgan fingerprint density at radius 1 is 0.808 bits per heavy atom. The zero-order valence-electron chi connectivity index (χ0n) is 14.9. The lowest BCUT2D eigenvalue weighted by Gasteiger charge is -2.12. The van der Waals surface area contributed by atoms with Gasteiger partial charge in [-0.15, -0.1) is 0 Å². The molecule has 0 aliphatic rings.